The molecular weight excluding hydrogens is 246 g/mol. The molecule has 0 aliphatic carbocycles. The molecule has 2 aliphatic heterocycles. The van der Waals surface area contributed by atoms with Gasteiger partial charge in [-0.15, -0.1) is 0 Å². The van der Waals surface area contributed by atoms with Gasteiger partial charge in [0.1, 0.15) is 0 Å². The molecule has 2 fully saturated rings. The maximum atomic E-state index is 12.4. The molecule has 0 aromatic heterocycles. The van der Waals surface area contributed by atoms with Crippen molar-refractivity contribution in [3.05, 3.63) is 0 Å². The minimum atomic E-state index is -0.385. The van der Waals surface area contributed by atoms with Crippen LogP contribution in [0.15, 0.2) is 0 Å². The quantitative estimate of drug-likeness (QED) is 0.679. The SMILES string of the molecule is CN(C)CC1CC(O)CN1C(=O)CC1COCCN1. The summed E-state index contributed by atoms with van der Waals surface area (Å²) >= 11 is 0. The standard InChI is InChI=1S/C13H25N3O3/c1-15(2)7-11-6-12(17)8-16(11)13(18)5-10-9-19-4-3-14-10/h10-12,14,17H,3-9H2,1-2H3. The average Bonchev–Trinajstić information content (AvgIpc) is 2.70. The maximum Gasteiger partial charge on any atom is 0.224 e. The van der Waals surface area contributed by atoms with E-state index in [1.165, 1.54) is 0 Å². The van der Waals surface area contributed by atoms with Crippen LogP contribution in [-0.2, 0) is 9.53 Å². The Kier molecular flexibility index (Phi) is 5.15. The van der Waals surface area contributed by atoms with Crippen LogP contribution in [-0.4, -0.2) is 85.9 Å². The monoisotopic (exact) mass is 271 g/mol. The van der Waals surface area contributed by atoms with Gasteiger partial charge in [0.05, 0.1) is 19.3 Å². The van der Waals surface area contributed by atoms with E-state index < -0.39 is 0 Å². The zero-order chi connectivity index (χ0) is 13.8. The highest BCUT2D eigenvalue weighted by atomic mass is 16.5. The predicted molar refractivity (Wildman–Crippen MR) is 71.9 cm³/mol. The number of nitrogens with one attached hydrogen (secondary N) is 1. The van der Waals surface area contributed by atoms with Gasteiger partial charge in [-0.1, -0.05) is 0 Å². The van der Waals surface area contributed by atoms with Crippen molar-refractivity contribution < 1.29 is 14.6 Å². The lowest BCUT2D eigenvalue weighted by molar-refractivity contribution is -0.133. The summed E-state index contributed by atoms with van der Waals surface area (Å²) in [4.78, 5) is 16.2. The van der Waals surface area contributed by atoms with Crippen LogP contribution in [0.4, 0.5) is 0 Å². The number of likely N-dealkylation sites (N-methyl/N-ethyl adjacent to an activating group) is 1. The van der Waals surface area contributed by atoms with Crippen LogP contribution in [0, 0.1) is 0 Å². The Balaban J connectivity index is 1.88. The summed E-state index contributed by atoms with van der Waals surface area (Å²) in [7, 11) is 3.98. The van der Waals surface area contributed by atoms with E-state index in [9.17, 15) is 9.90 Å². The van der Waals surface area contributed by atoms with Crippen molar-refractivity contribution in [3.63, 3.8) is 0 Å². The van der Waals surface area contributed by atoms with Gasteiger partial charge in [-0.05, 0) is 20.5 Å². The van der Waals surface area contributed by atoms with Crippen molar-refractivity contribution in [3.8, 4) is 0 Å². The number of rotatable bonds is 4. The van der Waals surface area contributed by atoms with E-state index in [2.05, 4.69) is 10.2 Å². The van der Waals surface area contributed by atoms with Crippen molar-refractivity contribution >= 4 is 5.91 Å². The first kappa shape index (κ1) is 14.7. The largest absolute Gasteiger partial charge is 0.391 e. The minimum Gasteiger partial charge on any atom is -0.391 e. The first-order chi connectivity index (χ1) is 9.06. The lowest BCUT2D eigenvalue weighted by Gasteiger charge is -2.30. The number of hydrogen-bond donors (Lipinski definition) is 2. The van der Waals surface area contributed by atoms with E-state index in [1.807, 2.05) is 19.0 Å². The van der Waals surface area contributed by atoms with Gasteiger partial charge in [0.25, 0.3) is 0 Å². The number of amides is 1. The summed E-state index contributed by atoms with van der Waals surface area (Å²) in [6.07, 6.45) is 0.749. The third-order valence-electron chi connectivity index (χ3n) is 3.71. The molecule has 0 saturated carbocycles. The fourth-order valence-corrected chi connectivity index (χ4v) is 2.87. The molecule has 1 amide bonds. The molecule has 2 rings (SSSR count). The van der Waals surface area contributed by atoms with Gasteiger partial charge in [0.15, 0.2) is 0 Å². The number of morpholine rings is 1. The normalized spacial score (nSPS) is 32.0. The van der Waals surface area contributed by atoms with Gasteiger partial charge < -0.3 is 25.0 Å². The highest BCUT2D eigenvalue weighted by molar-refractivity contribution is 5.77. The van der Waals surface area contributed by atoms with Crippen LogP contribution >= 0.6 is 0 Å². The van der Waals surface area contributed by atoms with Gasteiger partial charge in [-0.3, -0.25) is 4.79 Å². The van der Waals surface area contributed by atoms with Gasteiger partial charge in [0.2, 0.25) is 5.91 Å². The number of aliphatic hydroxyl groups excluding tert-OH is 1. The summed E-state index contributed by atoms with van der Waals surface area (Å²) in [6, 6.07) is 0.237. The molecule has 0 radical (unpaired) electrons. The summed E-state index contributed by atoms with van der Waals surface area (Å²) in [6.45, 7) is 3.39. The molecule has 0 aromatic carbocycles. The molecule has 2 heterocycles. The minimum absolute atomic E-state index is 0.110. The zero-order valence-corrected chi connectivity index (χ0v) is 11.8. The lowest BCUT2D eigenvalue weighted by atomic mass is 10.1. The molecule has 3 atom stereocenters. The lowest BCUT2D eigenvalue weighted by Crippen LogP contribution is -2.47. The molecule has 2 aliphatic rings. The Labute approximate surface area is 114 Å². The summed E-state index contributed by atoms with van der Waals surface area (Å²) < 4.78 is 5.37. The average molecular weight is 271 g/mol. The first-order valence-electron chi connectivity index (χ1n) is 6.99. The van der Waals surface area contributed by atoms with Crippen molar-refractivity contribution in [1.82, 2.24) is 15.1 Å². The summed E-state index contributed by atoms with van der Waals surface area (Å²) in [5.41, 5.74) is 0. The molecule has 3 unspecified atom stereocenters. The predicted octanol–water partition coefficient (Wildman–Crippen LogP) is -1.11. The van der Waals surface area contributed by atoms with E-state index in [4.69, 9.17) is 4.74 Å². The Morgan fingerprint density at radius 1 is 1.53 bits per heavy atom. The number of ether oxygens (including phenoxy) is 1. The first-order valence-corrected chi connectivity index (χ1v) is 6.99. The van der Waals surface area contributed by atoms with Crippen LogP contribution in [0.5, 0.6) is 0 Å². The summed E-state index contributed by atoms with van der Waals surface area (Å²) in [5, 5.41) is 13.1. The van der Waals surface area contributed by atoms with E-state index in [0.717, 1.165) is 19.7 Å². The highest BCUT2D eigenvalue weighted by Crippen LogP contribution is 2.20. The van der Waals surface area contributed by atoms with Crippen LogP contribution < -0.4 is 5.32 Å². The van der Waals surface area contributed by atoms with Crippen LogP contribution in [0.3, 0.4) is 0 Å². The Morgan fingerprint density at radius 2 is 2.32 bits per heavy atom. The number of β-amino-alcohol motifs (C(OH)–C–C–N with tert-alkyl or cyclic N) is 1. The fourth-order valence-electron chi connectivity index (χ4n) is 2.87. The third kappa shape index (κ3) is 4.14. The molecule has 2 N–H and O–H groups in total. The van der Waals surface area contributed by atoms with Crippen LogP contribution in [0.25, 0.3) is 0 Å². The molecule has 0 aromatic rings. The van der Waals surface area contributed by atoms with Crippen molar-refractivity contribution in [1.29, 1.82) is 0 Å². The number of likely N-dealkylation sites (tertiary alicyclic amines) is 1. The second-order valence-electron chi connectivity index (χ2n) is 5.78. The molecule has 6 heteroatoms. The van der Waals surface area contributed by atoms with E-state index >= 15 is 0 Å². The van der Waals surface area contributed by atoms with Crippen molar-refractivity contribution in [2.75, 3.05) is 46.9 Å². The number of aliphatic hydroxyl groups is 1. The molecule has 19 heavy (non-hydrogen) atoms. The van der Waals surface area contributed by atoms with Crippen molar-refractivity contribution in [2.24, 2.45) is 0 Å². The molecule has 6 nitrogen and oxygen atoms in total. The Bertz CT molecular complexity index is 306. The van der Waals surface area contributed by atoms with E-state index in [-0.39, 0.29) is 24.1 Å². The number of carbonyl (C=O) groups is 1. The topological polar surface area (TPSA) is 65.0 Å². The highest BCUT2D eigenvalue weighted by Gasteiger charge is 2.35. The zero-order valence-electron chi connectivity index (χ0n) is 11.8. The van der Waals surface area contributed by atoms with Crippen LogP contribution in [0.1, 0.15) is 12.8 Å². The van der Waals surface area contributed by atoms with E-state index in [0.29, 0.717) is 26.0 Å². The molecular formula is C13H25N3O3. The van der Waals surface area contributed by atoms with Crippen LogP contribution in [0.2, 0.25) is 0 Å². The number of carbonyl (C=O) groups excluding carboxylic acids is 1. The molecule has 2 saturated heterocycles. The Hall–Kier alpha value is -0.690. The molecule has 110 valence electrons. The molecule has 0 spiro atoms. The fraction of sp³-hybridized carbons (Fsp3) is 0.923. The third-order valence-corrected chi connectivity index (χ3v) is 3.71. The maximum absolute atomic E-state index is 12.4. The Morgan fingerprint density at radius 3 is 2.95 bits per heavy atom. The smallest absolute Gasteiger partial charge is 0.224 e. The summed E-state index contributed by atoms with van der Waals surface area (Å²) in [5.74, 6) is 0.117. The number of hydrogen-bond acceptors (Lipinski definition) is 5. The molecule has 0 bridgehead atoms. The second-order valence-corrected chi connectivity index (χ2v) is 5.78. The van der Waals surface area contributed by atoms with Gasteiger partial charge in [0, 0.05) is 38.1 Å². The van der Waals surface area contributed by atoms with Gasteiger partial charge in [-0.2, -0.15) is 0 Å². The number of nitrogens with zero attached hydrogens (tertiary/aromatic N) is 2. The van der Waals surface area contributed by atoms with E-state index in [1.54, 1.807) is 0 Å². The second kappa shape index (κ2) is 6.65. The van der Waals surface area contributed by atoms with Gasteiger partial charge >= 0.3 is 0 Å². The van der Waals surface area contributed by atoms with Gasteiger partial charge in [-0.25, -0.2) is 0 Å². The van der Waals surface area contributed by atoms with Crippen molar-refractivity contribution in [2.45, 2.75) is 31.0 Å².